The number of benzene rings is 2. The summed E-state index contributed by atoms with van der Waals surface area (Å²) in [7, 11) is 0. The van der Waals surface area contributed by atoms with Crippen molar-refractivity contribution in [2.75, 3.05) is 0 Å². The van der Waals surface area contributed by atoms with Crippen molar-refractivity contribution in [1.82, 2.24) is 0 Å². The quantitative estimate of drug-likeness (QED) is 0.592. The molecule has 0 unspecified atom stereocenters. The molecule has 0 aliphatic rings. The highest BCUT2D eigenvalue weighted by molar-refractivity contribution is 8.68. The first-order valence-electron chi connectivity index (χ1n) is 7.36. The van der Waals surface area contributed by atoms with Crippen LogP contribution in [0, 0.1) is 0 Å². The van der Waals surface area contributed by atoms with E-state index in [9.17, 15) is 0 Å². The SMILES string of the molecule is CC(C)c1ccc(P(=S)(S)c2ccc(C(C)C)cc2)cc1. The van der Waals surface area contributed by atoms with Crippen LogP contribution in [0.4, 0.5) is 0 Å². The molecule has 0 fully saturated rings. The van der Waals surface area contributed by atoms with Crippen molar-refractivity contribution in [3.05, 3.63) is 59.7 Å². The highest BCUT2D eigenvalue weighted by Crippen LogP contribution is 2.48. The summed E-state index contributed by atoms with van der Waals surface area (Å²) in [5.41, 5.74) is 2.69. The van der Waals surface area contributed by atoms with Gasteiger partial charge in [-0.2, -0.15) is 0 Å². The fourth-order valence-electron chi connectivity index (χ4n) is 2.27. The van der Waals surface area contributed by atoms with Gasteiger partial charge in [-0.25, -0.2) is 0 Å². The zero-order valence-electron chi connectivity index (χ0n) is 13.1. The second kappa shape index (κ2) is 6.69. The van der Waals surface area contributed by atoms with Gasteiger partial charge in [0, 0.05) is 0 Å². The van der Waals surface area contributed by atoms with Crippen molar-refractivity contribution < 1.29 is 0 Å². The van der Waals surface area contributed by atoms with Gasteiger partial charge >= 0.3 is 0 Å². The van der Waals surface area contributed by atoms with Crippen molar-refractivity contribution in [3.8, 4) is 0 Å². The Balaban J connectivity index is 2.34. The first kappa shape index (κ1) is 16.8. The number of hydrogen-bond acceptors (Lipinski definition) is 1. The molecule has 0 aliphatic heterocycles. The molecule has 3 heteroatoms. The monoisotopic (exact) mass is 334 g/mol. The Morgan fingerprint density at radius 3 is 1.24 bits per heavy atom. The Hall–Kier alpha value is -0.560. The van der Waals surface area contributed by atoms with Gasteiger partial charge in [-0.1, -0.05) is 88.0 Å². The largest absolute Gasteiger partial charge is 0.133 e. The van der Waals surface area contributed by atoms with Gasteiger partial charge < -0.3 is 0 Å². The molecule has 0 bridgehead atoms. The average molecular weight is 334 g/mol. The molecule has 0 amide bonds. The maximum atomic E-state index is 5.87. The van der Waals surface area contributed by atoms with E-state index < -0.39 is 5.24 Å². The van der Waals surface area contributed by atoms with Crippen LogP contribution in [0.2, 0.25) is 0 Å². The fraction of sp³-hybridized carbons (Fsp3) is 0.333. The Morgan fingerprint density at radius 1 is 0.714 bits per heavy atom. The van der Waals surface area contributed by atoms with Crippen LogP contribution in [0.1, 0.15) is 50.7 Å². The van der Waals surface area contributed by atoms with Crippen molar-refractivity contribution >= 4 is 39.9 Å². The van der Waals surface area contributed by atoms with E-state index in [-0.39, 0.29) is 0 Å². The minimum Gasteiger partial charge on any atom is -0.133 e. The van der Waals surface area contributed by atoms with E-state index in [4.69, 9.17) is 24.1 Å². The summed E-state index contributed by atoms with van der Waals surface area (Å²) in [6.07, 6.45) is 0. The van der Waals surface area contributed by atoms with E-state index in [0.29, 0.717) is 11.8 Å². The molecule has 2 aromatic rings. The summed E-state index contributed by atoms with van der Waals surface area (Å²) in [6, 6.07) is 17.3. The average Bonchev–Trinajstić information content (AvgIpc) is 2.47. The molecule has 0 saturated carbocycles. The minimum atomic E-state index is -1.97. The molecule has 0 aromatic heterocycles. The van der Waals surface area contributed by atoms with Crippen molar-refractivity contribution in [3.63, 3.8) is 0 Å². The first-order chi connectivity index (χ1) is 9.82. The van der Waals surface area contributed by atoms with Crippen LogP contribution in [-0.4, -0.2) is 0 Å². The highest BCUT2D eigenvalue weighted by atomic mass is 32.9. The third-order valence-electron chi connectivity index (χ3n) is 3.82. The normalized spacial score (nSPS) is 12.1. The second-order valence-electron chi connectivity index (χ2n) is 6.07. The molecular weight excluding hydrogens is 311 g/mol. The molecule has 0 heterocycles. The van der Waals surface area contributed by atoms with Gasteiger partial charge in [0.15, 0.2) is 0 Å². The lowest BCUT2D eigenvalue weighted by atomic mass is 10.0. The van der Waals surface area contributed by atoms with Gasteiger partial charge in [-0.3, -0.25) is 0 Å². The number of thiol groups is 1. The standard InChI is InChI=1S/C18H23PS2/c1-13(2)15-5-9-17(10-6-15)19(20,21)18-11-7-16(8-12-18)14(3)4/h5-14H,1-4H3,(H,20,21). The third-order valence-corrected chi connectivity index (χ3v) is 8.47. The van der Waals surface area contributed by atoms with E-state index in [1.807, 2.05) is 0 Å². The predicted molar refractivity (Wildman–Crippen MR) is 104 cm³/mol. The molecule has 112 valence electrons. The lowest BCUT2D eigenvalue weighted by molar-refractivity contribution is 0.867. The summed E-state index contributed by atoms with van der Waals surface area (Å²) in [4.78, 5) is 0. The van der Waals surface area contributed by atoms with Crippen LogP contribution >= 0.6 is 17.5 Å². The van der Waals surface area contributed by atoms with Crippen molar-refractivity contribution in [1.29, 1.82) is 0 Å². The molecule has 0 N–H and O–H groups in total. The molecule has 21 heavy (non-hydrogen) atoms. The summed E-state index contributed by atoms with van der Waals surface area (Å²) in [6.45, 7) is 8.82. The molecule has 0 saturated heterocycles. The Bertz CT molecular complexity index is 584. The Morgan fingerprint density at radius 2 is 1.00 bits per heavy atom. The van der Waals surface area contributed by atoms with E-state index in [1.54, 1.807) is 0 Å². The molecule has 2 rings (SSSR count). The van der Waals surface area contributed by atoms with Crippen molar-refractivity contribution in [2.45, 2.75) is 39.5 Å². The number of rotatable bonds is 4. The molecule has 2 aromatic carbocycles. The predicted octanol–water partition coefficient (Wildman–Crippen LogP) is 5.21. The third kappa shape index (κ3) is 3.80. The van der Waals surface area contributed by atoms with E-state index >= 15 is 0 Å². The Labute approximate surface area is 139 Å². The van der Waals surface area contributed by atoms with E-state index in [0.717, 1.165) is 0 Å². The van der Waals surface area contributed by atoms with Crippen LogP contribution in [-0.2, 0) is 11.8 Å². The zero-order valence-corrected chi connectivity index (χ0v) is 15.7. The topological polar surface area (TPSA) is 0 Å². The van der Waals surface area contributed by atoms with Crippen molar-refractivity contribution in [2.24, 2.45) is 0 Å². The molecular formula is C18H23PS2. The number of hydrogen-bond donors (Lipinski definition) is 1. The van der Waals surface area contributed by atoms with Crippen LogP contribution < -0.4 is 10.6 Å². The molecule has 0 atom stereocenters. The van der Waals surface area contributed by atoms with E-state index in [2.05, 4.69) is 76.2 Å². The van der Waals surface area contributed by atoms with Gasteiger partial charge in [-0.15, -0.1) is 12.2 Å². The first-order valence-corrected chi connectivity index (χ1v) is 11.3. The molecule has 0 nitrogen and oxygen atoms in total. The van der Waals surface area contributed by atoms with Crippen LogP contribution in [0.15, 0.2) is 48.5 Å². The molecule has 0 spiro atoms. The highest BCUT2D eigenvalue weighted by Gasteiger charge is 2.18. The van der Waals surface area contributed by atoms with Gasteiger partial charge in [0.2, 0.25) is 0 Å². The summed E-state index contributed by atoms with van der Waals surface area (Å²) < 4.78 is 0. The van der Waals surface area contributed by atoms with E-state index in [1.165, 1.54) is 21.7 Å². The lowest BCUT2D eigenvalue weighted by Crippen LogP contribution is -2.12. The smallest absolute Gasteiger partial charge is 0.0584 e. The van der Waals surface area contributed by atoms with Crippen LogP contribution in [0.25, 0.3) is 0 Å². The summed E-state index contributed by atoms with van der Waals surface area (Å²) >= 11 is 10.7. The molecule has 0 aliphatic carbocycles. The summed E-state index contributed by atoms with van der Waals surface area (Å²) in [5.74, 6) is 1.09. The van der Waals surface area contributed by atoms with Gasteiger partial charge in [0.1, 0.15) is 0 Å². The minimum absolute atomic E-state index is 0.544. The van der Waals surface area contributed by atoms with Crippen LogP contribution in [0.5, 0.6) is 0 Å². The second-order valence-corrected chi connectivity index (χ2v) is 12.5. The summed E-state index contributed by atoms with van der Waals surface area (Å²) in [5, 5.41) is 0.368. The maximum Gasteiger partial charge on any atom is 0.0584 e. The van der Waals surface area contributed by atoms with Gasteiger partial charge in [0.25, 0.3) is 0 Å². The maximum absolute atomic E-state index is 5.87. The fourth-order valence-corrected chi connectivity index (χ4v) is 5.21. The van der Waals surface area contributed by atoms with Gasteiger partial charge in [0.05, 0.1) is 5.24 Å². The Kier molecular flexibility index (Phi) is 5.35. The zero-order chi connectivity index (χ0) is 15.6. The van der Waals surface area contributed by atoms with Gasteiger partial charge in [-0.05, 0) is 33.6 Å². The van der Waals surface area contributed by atoms with Crippen LogP contribution in [0.3, 0.4) is 0 Å². The lowest BCUT2D eigenvalue weighted by Gasteiger charge is -2.18. The molecule has 0 radical (unpaired) electrons.